The quantitative estimate of drug-likeness (QED) is 0.473. The molecule has 2 aliphatic rings. The summed E-state index contributed by atoms with van der Waals surface area (Å²) in [6.07, 6.45) is 2.55. The molecule has 2 aromatic carbocycles. The highest BCUT2D eigenvalue weighted by Gasteiger charge is 2.35. The lowest BCUT2D eigenvalue weighted by molar-refractivity contribution is 0.0713. The lowest BCUT2D eigenvalue weighted by atomic mass is 9.89. The van der Waals surface area contributed by atoms with Crippen molar-refractivity contribution in [1.29, 1.82) is 0 Å². The van der Waals surface area contributed by atoms with Gasteiger partial charge in [-0.2, -0.15) is 8.42 Å². The van der Waals surface area contributed by atoms with E-state index >= 15 is 0 Å². The lowest BCUT2D eigenvalue weighted by Crippen LogP contribution is -2.38. The summed E-state index contributed by atoms with van der Waals surface area (Å²) in [6, 6.07) is 10.9. The molecule has 0 atom stereocenters. The highest BCUT2D eigenvalue weighted by atomic mass is 32.2. The maximum absolute atomic E-state index is 13.7. The minimum Gasteiger partial charge on any atom is -0.355 e. The van der Waals surface area contributed by atoms with E-state index in [4.69, 9.17) is 0 Å². The molecule has 12 heteroatoms. The van der Waals surface area contributed by atoms with Crippen molar-refractivity contribution in [2.24, 2.45) is 0 Å². The fourth-order valence-corrected chi connectivity index (χ4v) is 6.17. The Balaban J connectivity index is 1.44. The van der Waals surface area contributed by atoms with Gasteiger partial charge in [-0.05, 0) is 67.1 Å². The van der Waals surface area contributed by atoms with Gasteiger partial charge in [-0.25, -0.2) is 22.9 Å². The average molecular weight is 556 g/mol. The second-order valence-electron chi connectivity index (χ2n) is 9.58. The molecule has 0 aliphatic carbocycles. The zero-order valence-corrected chi connectivity index (χ0v) is 22.0. The SMILES string of the molecule is Cc1cc(F)ccc1Nc1cc(S(=O)(=O)N2CCNC2=O)ncc1C(=O)N1CCC(c2ccc(F)cc2)CC1. The van der Waals surface area contributed by atoms with Crippen molar-refractivity contribution in [2.75, 3.05) is 31.5 Å². The molecule has 3 aromatic rings. The number of carbonyl (C=O) groups excluding carboxylic acids is 2. The summed E-state index contributed by atoms with van der Waals surface area (Å²) in [4.78, 5) is 31.4. The van der Waals surface area contributed by atoms with Crippen molar-refractivity contribution < 1.29 is 26.8 Å². The van der Waals surface area contributed by atoms with Crippen molar-refractivity contribution in [3.63, 3.8) is 0 Å². The molecule has 3 heterocycles. The standard InChI is InChI=1S/C27H27F2N5O4S/c1-17-14-21(29)6-7-23(17)32-24-15-25(39(37,38)34-13-10-30-27(34)36)31-16-22(24)26(35)33-11-8-19(9-12-33)18-2-4-20(28)5-3-18/h2-7,14-16,19H,8-13H2,1H3,(H,30,36)(H,31,32). The van der Waals surface area contributed by atoms with E-state index in [2.05, 4.69) is 15.6 Å². The maximum atomic E-state index is 13.7. The zero-order chi connectivity index (χ0) is 27.7. The van der Waals surface area contributed by atoms with Crippen LogP contribution in [-0.2, 0) is 10.0 Å². The Labute approximate surface area is 224 Å². The highest BCUT2D eigenvalue weighted by Crippen LogP contribution is 2.32. The number of piperidine rings is 1. The number of halogens is 2. The van der Waals surface area contributed by atoms with Crippen LogP contribution in [0.5, 0.6) is 0 Å². The Morgan fingerprint density at radius 1 is 1.00 bits per heavy atom. The minimum absolute atomic E-state index is 0.0354. The number of carbonyl (C=O) groups is 2. The number of sulfonamides is 1. The monoisotopic (exact) mass is 555 g/mol. The van der Waals surface area contributed by atoms with Crippen molar-refractivity contribution in [1.82, 2.24) is 19.5 Å². The van der Waals surface area contributed by atoms with Crippen LogP contribution in [-0.4, -0.2) is 60.7 Å². The molecule has 39 heavy (non-hydrogen) atoms. The van der Waals surface area contributed by atoms with E-state index in [9.17, 15) is 26.8 Å². The van der Waals surface area contributed by atoms with Crippen LogP contribution < -0.4 is 10.6 Å². The van der Waals surface area contributed by atoms with Crippen LogP contribution in [0.2, 0.25) is 0 Å². The second-order valence-corrected chi connectivity index (χ2v) is 11.4. The number of nitrogens with zero attached hydrogens (tertiary/aromatic N) is 3. The summed E-state index contributed by atoms with van der Waals surface area (Å²) in [5.41, 5.74) is 2.36. The fourth-order valence-electron chi connectivity index (χ4n) is 4.88. The molecule has 5 rings (SSSR count). The maximum Gasteiger partial charge on any atom is 0.331 e. The van der Waals surface area contributed by atoms with Gasteiger partial charge in [-0.15, -0.1) is 0 Å². The van der Waals surface area contributed by atoms with Gasteiger partial charge in [0.05, 0.1) is 17.8 Å². The summed E-state index contributed by atoms with van der Waals surface area (Å²) in [7, 11) is -4.27. The summed E-state index contributed by atoms with van der Waals surface area (Å²) >= 11 is 0. The third-order valence-corrected chi connectivity index (χ3v) is 8.74. The summed E-state index contributed by atoms with van der Waals surface area (Å²) in [5.74, 6) is -0.890. The Hall–Kier alpha value is -4.06. The Morgan fingerprint density at radius 3 is 2.33 bits per heavy atom. The van der Waals surface area contributed by atoms with E-state index in [0.29, 0.717) is 41.5 Å². The van der Waals surface area contributed by atoms with Gasteiger partial charge >= 0.3 is 6.03 Å². The number of amides is 3. The molecule has 204 valence electrons. The lowest BCUT2D eigenvalue weighted by Gasteiger charge is -2.32. The van der Waals surface area contributed by atoms with Crippen LogP contribution in [0.1, 0.15) is 40.2 Å². The number of benzene rings is 2. The van der Waals surface area contributed by atoms with E-state index < -0.39 is 26.9 Å². The van der Waals surface area contributed by atoms with Crippen molar-refractivity contribution in [2.45, 2.75) is 30.7 Å². The largest absolute Gasteiger partial charge is 0.355 e. The Kier molecular flexibility index (Phi) is 7.21. The number of rotatable bonds is 6. The van der Waals surface area contributed by atoms with Gasteiger partial charge in [-0.3, -0.25) is 4.79 Å². The van der Waals surface area contributed by atoms with Crippen molar-refractivity contribution >= 4 is 33.3 Å². The van der Waals surface area contributed by atoms with Crippen LogP contribution in [0.15, 0.2) is 59.8 Å². The molecule has 2 aliphatic heterocycles. The second kappa shape index (κ2) is 10.6. The third kappa shape index (κ3) is 5.42. The molecule has 0 saturated carbocycles. The van der Waals surface area contributed by atoms with Crippen LogP contribution in [0.3, 0.4) is 0 Å². The molecular weight excluding hydrogens is 528 g/mol. The van der Waals surface area contributed by atoms with Gasteiger partial charge in [0.25, 0.3) is 15.9 Å². The molecule has 2 fully saturated rings. The molecular formula is C27H27F2N5O4S. The van der Waals surface area contributed by atoms with Gasteiger partial charge in [0.2, 0.25) is 0 Å². The smallest absolute Gasteiger partial charge is 0.331 e. The first-order chi connectivity index (χ1) is 18.6. The van der Waals surface area contributed by atoms with Gasteiger partial charge in [-0.1, -0.05) is 12.1 Å². The highest BCUT2D eigenvalue weighted by molar-refractivity contribution is 7.89. The Morgan fingerprint density at radius 2 is 1.69 bits per heavy atom. The number of urea groups is 1. The topological polar surface area (TPSA) is 112 Å². The molecule has 2 N–H and O–H groups in total. The normalized spacial score (nSPS) is 16.3. The van der Waals surface area contributed by atoms with Gasteiger partial charge in [0, 0.05) is 37.6 Å². The van der Waals surface area contributed by atoms with Gasteiger partial charge < -0.3 is 15.5 Å². The molecule has 3 amide bonds. The molecule has 0 spiro atoms. The van der Waals surface area contributed by atoms with Gasteiger partial charge in [0.1, 0.15) is 11.6 Å². The van der Waals surface area contributed by atoms with Gasteiger partial charge in [0.15, 0.2) is 5.03 Å². The number of likely N-dealkylation sites (tertiary alicyclic amines) is 1. The third-order valence-electron chi connectivity index (χ3n) is 7.06. The van der Waals surface area contributed by atoms with Crippen LogP contribution >= 0.6 is 0 Å². The summed E-state index contributed by atoms with van der Waals surface area (Å²) in [5, 5.41) is 5.13. The molecule has 0 radical (unpaired) electrons. The van der Waals surface area contributed by atoms with Crippen LogP contribution in [0.4, 0.5) is 25.0 Å². The minimum atomic E-state index is -4.27. The van der Waals surface area contributed by atoms with Crippen molar-refractivity contribution in [3.8, 4) is 0 Å². The Bertz CT molecular complexity index is 1520. The number of nitrogens with one attached hydrogen (secondary N) is 2. The van der Waals surface area contributed by atoms with Crippen molar-refractivity contribution in [3.05, 3.63) is 83.1 Å². The molecule has 1 aromatic heterocycles. The number of pyridine rings is 1. The predicted octanol–water partition coefficient (Wildman–Crippen LogP) is 4.15. The van der Waals surface area contributed by atoms with E-state index in [0.717, 1.165) is 5.56 Å². The van der Waals surface area contributed by atoms with E-state index in [1.54, 1.807) is 24.0 Å². The molecule has 9 nitrogen and oxygen atoms in total. The predicted molar refractivity (Wildman–Crippen MR) is 140 cm³/mol. The zero-order valence-electron chi connectivity index (χ0n) is 21.2. The molecule has 2 saturated heterocycles. The first-order valence-corrected chi connectivity index (χ1v) is 14.0. The van der Waals surface area contributed by atoms with Crippen LogP contribution in [0.25, 0.3) is 0 Å². The summed E-state index contributed by atoms with van der Waals surface area (Å²) in [6.45, 7) is 2.73. The molecule has 0 bridgehead atoms. The van der Waals surface area contributed by atoms with Crippen LogP contribution in [0, 0.1) is 18.6 Å². The van der Waals surface area contributed by atoms with E-state index in [-0.39, 0.29) is 42.0 Å². The van der Waals surface area contributed by atoms with E-state index in [1.165, 1.54) is 42.6 Å². The number of hydrogen-bond donors (Lipinski definition) is 2. The van der Waals surface area contributed by atoms with E-state index in [1.807, 2.05) is 0 Å². The summed E-state index contributed by atoms with van der Waals surface area (Å²) < 4.78 is 54.0. The molecule has 0 unspecified atom stereocenters. The fraction of sp³-hybridized carbons (Fsp3) is 0.296. The number of hydrogen-bond acceptors (Lipinski definition) is 6. The first-order valence-electron chi connectivity index (χ1n) is 12.5. The first kappa shape index (κ1) is 26.5. The number of aryl methyl sites for hydroxylation is 1. The number of aromatic nitrogens is 1. The average Bonchev–Trinajstić information content (AvgIpc) is 3.37. The number of anilines is 2.